The van der Waals surface area contributed by atoms with Crippen molar-refractivity contribution in [2.45, 2.75) is 19.4 Å². The molecule has 4 heterocycles. The predicted octanol–water partition coefficient (Wildman–Crippen LogP) is 3.73. The molecule has 7 heteroatoms. The number of carboxylic acid groups (broad SMARTS) is 1. The molecule has 1 unspecified atom stereocenters. The Morgan fingerprint density at radius 3 is 2.96 bits per heavy atom. The van der Waals surface area contributed by atoms with Crippen LogP contribution >= 0.6 is 0 Å². The van der Waals surface area contributed by atoms with Crippen LogP contribution in [0.25, 0.3) is 33.7 Å². The van der Waals surface area contributed by atoms with Crippen LogP contribution in [0.1, 0.15) is 28.9 Å². The number of para-hydroxylation sites is 1. The quantitative estimate of drug-likeness (QED) is 0.583. The van der Waals surface area contributed by atoms with Gasteiger partial charge in [0.1, 0.15) is 11.1 Å². The average Bonchev–Trinajstić information content (AvgIpc) is 3.29. The molecule has 27 heavy (non-hydrogen) atoms. The van der Waals surface area contributed by atoms with E-state index in [2.05, 4.69) is 4.98 Å². The topological polar surface area (TPSA) is 98.5 Å². The van der Waals surface area contributed by atoms with Gasteiger partial charge in [-0.3, -0.25) is 4.79 Å². The highest BCUT2D eigenvalue weighted by molar-refractivity contribution is 5.97. The lowest BCUT2D eigenvalue weighted by Crippen LogP contribution is -2.23. The number of hydrogen-bond donors (Lipinski definition) is 1. The summed E-state index contributed by atoms with van der Waals surface area (Å²) < 4.78 is 13.4. The summed E-state index contributed by atoms with van der Waals surface area (Å²) in [6.07, 6.45) is 5.05. The van der Waals surface area contributed by atoms with E-state index in [1.807, 2.05) is 25.1 Å². The first kappa shape index (κ1) is 15.6. The second kappa shape index (κ2) is 5.44. The summed E-state index contributed by atoms with van der Waals surface area (Å²) in [4.78, 5) is 27.5. The van der Waals surface area contributed by atoms with E-state index in [0.29, 0.717) is 29.2 Å². The molecule has 1 aliphatic rings. The molecule has 1 atom stereocenters. The summed E-state index contributed by atoms with van der Waals surface area (Å²) in [6.45, 7) is 1.99. The monoisotopic (exact) mass is 362 g/mol. The zero-order valence-electron chi connectivity index (χ0n) is 14.3. The number of oxazole rings is 1. The first-order valence-electron chi connectivity index (χ1n) is 8.47. The number of carboxylic acids is 1. The van der Waals surface area contributed by atoms with Gasteiger partial charge in [-0.05, 0) is 19.4 Å². The van der Waals surface area contributed by atoms with Crippen LogP contribution in [0.5, 0.6) is 0 Å². The second-order valence-corrected chi connectivity index (χ2v) is 6.66. The van der Waals surface area contributed by atoms with E-state index in [4.69, 9.17) is 8.83 Å². The number of aromatic carboxylic acids is 1. The van der Waals surface area contributed by atoms with Gasteiger partial charge in [-0.15, -0.1) is 0 Å². The maximum Gasteiger partial charge on any atom is 0.341 e. The number of furan rings is 1. The lowest BCUT2D eigenvalue weighted by Gasteiger charge is -2.25. The van der Waals surface area contributed by atoms with E-state index in [9.17, 15) is 14.7 Å². The van der Waals surface area contributed by atoms with Crippen molar-refractivity contribution in [3.63, 3.8) is 0 Å². The van der Waals surface area contributed by atoms with E-state index < -0.39 is 11.4 Å². The van der Waals surface area contributed by atoms with Crippen molar-refractivity contribution in [3.8, 4) is 22.8 Å². The molecule has 1 N–H and O–H groups in total. The van der Waals surface area contributed by atoms with E-state index >= 15 is 0 Å². The summed E-state index contributed by atoms with van der Waals surface area (Å²) in [5.41, 5.74) is 2.25. The molecular formula is C20H14N2O5. The number of benzene rings is 1. The highest BCUT2D eigenvalue weighted by atomic mass is 16.4. The molecule has 4 aromatic rings. The molecule has 1 aromatic carbocycles. The SMILES string of the molecule is CC1Cc2c(oc3c(-c4cnco4)cccc23)-c2cc(=O)c(C(=O)O)cn21. The van der Waals surface area contributed by atoms with Crippen LogP contribution in [0.2, 0.25) is 0 Å². The van der Waals surface area contributed by atoms with E-state index in [0.717, 1.165) is 16.5 Å². The maximum absolute atomic E-state index is 12.3. The largest absolute Gasteiger partial charge is 0.477 e. The number of aromatic nitrogens is 2. The van der Waals surface area contributed by atoms with E-state index in [1.165, 1.54) is 18.7 Å². The van der Waals surface area contributed by atoms with Gasteiger partial charge in [0.05, 0.1) is 17.5 Å². The first-order valence-corrected chi connectivity index (χ1v) is 8.47. The number of rotatable bonds is 2. The highest BCUT2D eigenvalue weighted by Gasteiger charge is 2.29. The standard InChI is InChI=1S/C20H14N2O5/c1-10-5-13-11-3-2-4-12(17-7-21-9-26-17)18(11)27-19(13)15-6-16(23)14(20(24)25)8-22(10)15/h2-4,6-10H,5H2,1H3,(H,24,25). The molecule has 7 nitrogen and oxygen atoms in total. The maximum atomic E-state index is 12.3. The minimum absolute atomic E-state index is 0.0130. The van der Waals surface area contributed by atoms with Crippen LogP contribution in [0, 0.1) is 0 Å². The Balaban J connectivity index is 1.82. The predicted molar refractivity (Wildman–Crippen MR) is 96.8 cm³/mol. The molecule has 0 radical (unpaired) electrons. The van der Waals surface area contributed by atoms with Crippen molar-refractivity contribution in [2.75, 3.05) is 0 Å². The lowest BCUT2D eigenvalue weighted by atomic mass is 9.95. The fraction of sp³-hybridized carbons (Fsp3) is 0.150. The van der Waals surface area contributed by atoms with Gasteiger partial charge in [0.25, 0.3) is 0 Å². The van der Waals surface area contributed by atoms with Crippen LogP contribution in [-0.4, -0.2) is 20.6 Å². The molecular weight excluding hydrogens is 348 g/mol. The van der Waals surface area contributed by atoms with Crippen molar-refractivity contribution in [3.05, 3.63) is 64.4 Å². The van der Waals surface area contributed by atoms with Gasteiger partial charge in [-0.25, -0.2) is 9.78 Å². The molecule has 5 rings (SSSR count). The van der Waals surface area contributed by atoms with Gasteiger partial charge < -0.3 is 18.5 Å². The first-order chi connectivity index (χ1) is 13.0. The number of nitrogens with zero attached hydrogens (tertiary/aromatic N) is 2. The highest BCUT2D eigenvalue weighted by Crippen LogP contribution is 2.43. The van der Waals surface area contributed by atoms with Crippen LogP contribution in [0.15, 0.2) is 56.7 Å². The van der Waals surface area contributed by atoms with Gasteiger partial charge >= 0.3 is 5.97 Å². The third-order valence-electron chi connectivity index (χ3n) is 5.03. The third-order valence-corrected chi connectivity index (χ3v) is 5.03. The molecule has 3 aromatic heterocycles. The molecule has 1 aliphatic heterocycles. The van der Waals surface area contributed by atoms with Crippen molar-refractivity contribution in [1.29, 1.82) is 0 Å². The van der Waals surface area contributed by atoms with Gasteiger partial charge in [-0.2, -0.15) is 0 Å². The fourth-order valence-corrected chi connectivity index (χ4v) is 3.77. The summed E-state index contributed by atoms with van der Waals surface area (Å²) >= 11 is 0. The number of pyridine rings is 1. The summed E-state index contributed by atoms with van der Waals surface area (Å²) in [6, 6.07) is 7.12. The van der Waals surface area contributed by atoms with Crippen molar-refractivity contribution >= 4 is 16.9 Å². The third kappa shape index (κ3) is 2.18. The van der Waals surface area contributed by atoms with Gasteiger partial charge in [-0.1, -0.05) is 12.1 Å². The average molecular weight is 362 g/mol. The molecule has 0 aliphatic carbocycles. The number of hydrogen-bond acceptors (Lipinski definition) is 5. The molecule has 134 valence electrons. The molecule has 0 spiro atoms. The Morgan fingerprint density at radius 2 is 2.22 bits per heavy atom. The molecule has 0 bridgehead atoms. The number of carbonyl (C=O) groups is 1. The molecule has 0 fully saturated rings. The summed E-state index contributed by atoms with van der Waals surface area (Å²) in [5, 5.41) is 10.2. The van der Waals surface area contributed by atoms with Crippen molar-refractivity contribution < 1.29 is 18.7 Å². The Labute approximate surface area is 152 Å². The zero-order chi connectivity index (χ0) is 18.7. The van der Waals surface area contributed by atoms with Crippen LogP contribution in [0.4, 0.5) is 0 Å². The fourth-order valence-electron chi connectivity index (χ4n) is 3.77. The second-order valence-electron chi connectivity index (χ2n) is 6.66. The summed E-state index contributed by atoms with van der Waals surface area (Å²) in [5.74, 6) is -0.0482. The van der Waals surface area contributed by atoms with Crippen LogP contribution < -0.4 is 5.43 Å². The number of fused-ring (bicyclic) bond motifs is 5. The van der Waals surface area contributed by atoms with E-state index in [-0.39, 0.29) is 11.6 Å². The molecule has 0 amide bonds. The summed E-state index contributed by atoms with van der Waals surface area (Å²) in [7, 11) is 0. The minimum atomic E-state index is -1.23. The Kier molecular flexibility index (Phi) is 3.15. The van der Waals surface area contributed by atoms with Crippen molar-refractivity contribution in [1.82, 2.24) is 9.55 Å². The van der Waals surface area contributed by atoms with Crippen LogP contribution in [0.3, 0.4) is 0 Å². The zero-order valence-corrected chi connectivity index (χ0v) is 14.3. The smallest absolute Gasteiger partial charge is 0.341 e. The Bertz CT molecular complexity index is 1260. The van der Waals surface area contributed by atoms with Gasteiger partial charge in [0, 0.05) is 29.3 Å². The molecule has 0 saturated carbocycles. The normalized spacial score (nSPS) is 15.5. The Hall–Kier alpha value is -3.61. The van der Waals surface area contributed by atoms with Gasteiger partial charge in [0.15, 0.2) is 23.3 Å². The molecule has 0 saturated heterocycles. The Morgan fingerprint density at radius 1 is 1.37 bits per heavy atom. The van der Waals surface area contributed by atoms with Crippen molar-refractivity contribution in [2.24, 2.45) is 0 Å². The van der Waals surface area contributed by atoms with E-state index in [1.54, 1.807) is 10.8 Å². The van der Waals surface area contributed by atoms with Gasteiger partial charge in [0.2, 0.25) is 0 Å². The minimum Gasteiger partial charge on any atom is -0.477 e. The van der Waals surface area contributed by atoms with Crippen LogP contribution in [-0.2, 0) is 6.42 Å². The lowest BCUT2D eigenvalue weighted by molar-refractivity contribution is 0.0694.